The predicted molar refractivity (Wildman–Crippen MR) is 78.6 cm³/mol. The predicted octanol–water partition coefficient (Wildman–Crippen LogP) is 3.89. The number of alkyl halides is 1. The van der Waals surface area contributed by atoms with Crippen molar-refractivity contribution in [1.29, 1.82) is 0 Å². The fourth-order valence-corrected chi connectivity index (χ4v) is 3.16. The molecule has 1 aromatic carbocycles. The van der Waals surface area contributed by atoms with Gasteiger partial charge in [-0.05, 0) is 12.0 Å². The van der Waals surface area contributed by atoms with Gasteiger partial charge in [0.1, 0.15) is 0 Å². The lowest BCUT2D eigenvalue weighted by molar-refractivity contribution is 0.0933. The van der Waals surface area contributed by atoms with Crippen LogP contribution >= 0.6 is 22.9 Å². The van der Waals surface area contributed by atoms with E-state index in [1.807, 2.05) is 29.6 Å². The SMILES string of the molecule is CC(C)C(CCl)NC(=O)c1csc2ccccc12. The van der Waals surface area contributed by atoms with Crippen LogP contribution in [0.2, 0.25) is 0 Å². The van der Waals surface area contributed by atoms with Crippen LogP contribution in [0.15, 0.2) is 29.6 Å². The van der Waals surface area contributed by atoms with Crippen molar-refractivity contribution in [2.45, 2.75) is 19.9 Å². The summed E-state index contributed by atoms with van der Waals surface area (Å²) in [7, 11) is 0. The summed E-state index contributed by atoms with van der Waals surface area (Å²) < 4.78 is 1.13. The van der Waals surface area contributed by atoms with Gasteiger partial charge in [0, 0.05) is 27.4 Å². The maximum atomic E-state index is 12.2. The lowest BCUT2D eigenvalue weighted by Crippen LogP contribution is -2.39. The van der Waals surface area contributed by atoms with Gasteiger partial charge in [0.25, 0.3) is 5.91 Å². The van der Waals surface area contributed by atoms with Crippen LogP contribution in [0.5, 0.6) is 0 Å². The van der Waals surface area contributed by atoms with Gasteiger partial charge < -0.3 is 5.32 Å². The van der Waals surface area contributed by atoms with E-state index >= 15 is 0 Å². The summed E-state index contributed by atoms with van der Waals surface area (Å²) in [6.07, 6.45) is 0. The number of rotatable bonds is 4. The maximum absolute atomic E-state index is 12.2. The van der Waals surface area contributed by atoms with Crippen LogP contribution in [0.3, 0.4) is 0 Å². The highest BCUT2D eigenvalue weighted by molar-refractivity contribution is 7.17. The van der Waals surface area contributed by atoms with E-state index in [1.54, 1.807) is 11.3 Å². The molecule has 2 aromatic rings. The van der Waals surface area contributed by atoms with Crippen LogP contribution in [0, 0.1) is 5.92 Å². The van der Waals surface area contributed by atoms with Crippen LogP contribution in [0.25, 0.3) is 10.1 Å². The van der Waals surface area contributed by atoms with Crippen molar-refractivity contribution in [2.24, 2.45) is 5.92 Å². The molecule has 1 N–H and O–H groups in total. The number of hydrogen-bond donors (Lipinski definition) is 1. The van der Waals surface area contributed by atoms with Gasteiger partial charge in [-0.15, -0.1) is 22.9 Å². The Hall–Kier alpha value is -1.06. The first-order valence-electron chi connectivity index (χ1n) is 5.96. The molecule has 0 spiro atoms. The number of amides is 1. The van der Waals surface area contributed by atoms with Gasteiger partial charge in [-0.25, -0.2) is 0 Å². The molecule has 0 aliphatic heterocycles. The van der Waals surface area contributed by atoms with E-state index in [0.717, 1.165) is 15.6 Å². The van der Waals surface area contributed by atoms with Gasteiger partial charge in [-0.3, -0.25) is 4.79 Å². The van der Waals surface area contributed by atoms with E-state index in [-0.39, 0.29) is 11.9 Å². The maximum Gasteiger partial charge on any atom is 0.253 e. The van der Waals surface area contributed by atoms with Crippen molar-refractivity contribution in [2.75, 3.05) is 5.88 Å². The van der Waals surface area contributed by atoms with Crippen molar-refractivity contribution in [3.05, 3.63) is 35.2 Å². The van der Waals surface area contributed by atoms with Crippen LogP contribution in [-0.2, 0) is 0 Å². The van der Waals surface area contributed by atoms with E-state index in [1.165, 1.54) is 0 Å². The fourth-order valence-electron chi connectivity index (χ4n) is 1.78. The monoisotopic (exact) mass is 281 g/mol. The molecular weight excluding hydrogens is 266 g/mol. The largest absolute Gasteiger partial charge is 0.348 e. The van der Waals surface area contributed by atoms with Gasteiger partial charge >= 0.3 is 0 Å². The molecule has 0 saturated carbocycles. The number of thiophene rings is 1. The number of carbonyl (C=O) groups is 1. The van der Waals surface area contributed by atoms with Gasteiger partial charge in [0.2, 0.25) is 0 Å². The number of fused-ring (bicyclic) bond motifs is 1. The number of halogens is 1. The lowest BCUT2D eigenvalue weighted by atomic mass is 10.1. The molecule has 1 amide bonds. The van der Waals surface area contributed by atoms with Gasteiger partial charge in [-0.1, -0.05) is 32.0 Å². The number of nitrogens with one attached hydrogen (secondary N) is 1. The van der Waals surface area contributed by atoms with Crippen molar-refractivity contribution in [3.8, 4) is 0 Å². The number of carbonyl (C=O) groups excluding carboxylic acids is 1. The minimum Gasteiger partial charge on any atom is -0.348 e. The van der Waals surface area contributed by atoms with Crippen molar-refractivity contribution < 1.29 is 4.79 Å². The van der Waals surface area contributed by atoms with E-state index in [4.69, 9.17) is 11.6 Å². The molecule has 0 radical (unpaired) electrons. The third-order valence-electron chi connectivity index (χ3n) is 3.01. The summed E-state index contributed by atoms with van der Waals surface area (Å²) in [4.78, 5) is 12.2. The van der Waals surface area contributed by atoms with Crippen LogP contribution < -0.4 is 5.32 Å². The molecule has 2 nitrogen and oxygen atoms in total. The molecule has 0 bridgehead atoms. The highest BCUT2D eigenvalue weighted by Crippen LogP contribution is 2.25. The van der Waals surface area contributed by atoms with Crippen LogP contribution in [0.1, 0.15) is 24.2 Å². The molecule has 18 heavy (non-hydrogen) atoms. The van der Waals surface area contributed by atoms with Crippen molar-refractivity contribution in [3.63, 3.8) is 0 Å². The Balaban J connectivity index is 2.23. The zero-order valence-corrected chi connectivity index (χ0v) is 12.0. The van der Waals surface area contributed by atoms with E-state index in [2.05, 4.69) is 19.2 Å². The number of hydrogen-bond acceptors (Lipinski definition) is 2. The van der Waals surface area contributed by atoms with Gasteiger partial charge in [0.15, 0.2) is 0 Å². The summed E-state index contributed by atoms with van der Waals surface area (Å²) in [6, 6.07) is 7.95. The fraction of sp³-hybridized carbons (Fsp3) is 0.357. The first kappa shape index (κ1) is 13.4. The summed E-state index contributed by atoms with van der Waals surface area (Å²) >= 11 is 7.47. The Bertz CT molecular complexity index is 549. The Labute approximate surface area is 116 Å². The first-order valence-corrected chi connectivity index (χ1v) is 7.38. The standard InChI is InChI=1S/C14H16ClNOS/c1-9(2)12(7-15)16-14(17)11-8-18-13-6-4-3-5-10(11)13/h3-6,8-9,12H,7H2,1-2H3,(H,16,17). The highest BCUT2D eigenvalue weighted by atomic mass is 35.5. The molecule has 0 saturated heterocycles. The normalized spacial score (nSPS) is 12.9. The molecule has 1 heterocycles. The molecule has 0 aliphatic carbocycles. The van der Waals surface area contributed by atoms with Crippen LogP contribution in [-0.4, -0.2) is 17.8 Å². The Morgan fingerprint density at radius 2 is 2.11 bits per heavy atom. The molecule has 0 aliphatic rings. The minimum absolute atomic E-state index is 0.0119. The lowest BCUT2D eigenvalue weighted by Gasteiger charge is -2.19. The molecule has 2 rings (SSSR count). The van der Waals surface area contributed by atoms with Crippen molar-refractivity contribution in [1.82, 2.24) is 5.32 Å². The zero-order chi connectivity index (χ0) is 13.1. The average Bonchev–Trinajstić information content (AvgIpc) is 2.79. The second-order valence-electron chi connectivity index (χ2n) is 4.62. The Kier molecular flexibility index (Phi) is 4.25. The quantitative estimate of drug-likeness (QED) is 0.846. The highest BCUT2D eigenvalue weighted by Gasteiger charge is 2.18. The zero-order valence-electron chi connectivity index (χ0n) is 10.4. The molecule has 96 valence electrons. The van der Waals surface area contributed by atoms with Crippen LogP contribution in [0.4, 0.5) is 0 Å². The molecule has 1 atom stereocenters. The third-order valence-corrected chi connectivity index (χ3v) is 4.31. The first-order chi connectivity index (χ1) is 8.63. The second-order valence-corrected chi connectivity index (χ2v) is 5.84. The molecule has 0 fully saturated rings. The molecular formula is C14H16ClNOS. The van der Waals surface area contributed by atoms with E-state index < -0.39 is 0 Å². The summed E-state index contributed by atoms with van der Waals surface area (Å²) in [5, 5.41) is 5.92. The Morgan fingerprint density at radius 3 is 2.78 bits per heavy atom. The smallest absolute Gasteiger partial charge is 0.253 e. The summed E-state index contributed by atoms with van der Waals surface area (Å²) in [5.41, 5.74) is 0.742. The average molecular weight is 282 g/mol. The van der Waals surface area contributed by atoms with Gasteiger partial charge in [0.05, 0.1) is 5.56 Å². The number of benzene rings is 1. The van der Waals surface area contributed by atoms with Gasteiger partial charge in [-0.2, -0.15) is 0 Å². The molecule has 1 aromatic heterocycles. The second kappa shape index (κ2) is 5.72. The topological polar surface area (TPSA) is 29.1 Å². The van der Waals surface area contributed by atoms with Crippen molar-refractivity contribution >= 4 is 38.9 Å². The van der Waals surface area contributed by atoms with E-state index in [0.29, 0.717) is 11.8 Å². The van der Waals surface area contributed by atoms with E-state index in [9.17, 15) is 4.79 Å². The summed E-state index contributed by atoms with van der Waals surface area (Å²) in [5.74, 6) is 0.731. The molecule has 1 unspecified atom stereocenters. The third kappa shape index (κ3) is 2.68. The Morgan fingerprint density at radius 1 is 1.39 bits per heavy atom. The molecule has 4 heteroatoms. The minimum atomic E-state index is -0.0354. The summed E-state index contributed by atoms with van der Waals surface area (Å²) in [6.45, 7) is 4.11.